The van der Waals surface area contributed by atoms with E-state index in [0.717, 1.165) is 29.9 Å². The van der Waals surface area contributed by atoms with Crippen molar-refractivity contribution in [3.63, 3.8) is 0 Å². The Morgan fingerprint density at radius 2 is 2.00 bits per heavy atom. The number of carbonyl (C=O) groups excluding carboxylic acids is 1. The van der Waals surface area contributed by atoms with Crippen molar-refractivity contribution in [1.82, 2.24) is 4.90 Å². The maximum atomic E-state index is 12.5. The van der Waals surface area contributed by atoms with Gasteiger partial charge in [0.1, 0.15) is 19.8 Å². The summed E-state index contributed by atoms with van der Waals surface area (Å²) in [5.74, 6) is 0.456. The fourth-order valence-corrected chi connectivity index (χ4v) is 3.06. The minimum absolute atomic E-state index is 0.0610. The lowest BCUT2D eigenvalue weighted by atomic mass is 10.1. The second-order valence-electron chi connectivity index (χ2n) is 6.01. The zero-order valence-corrected chi connectivity index (χ0v) is 13.2. The highest BCUT2D eigenvalue weighted by molar-refractivity contribution is 5.86. The molecule has 0 saturated heterocycles. The zero-order valence-electron chi connectivity index (χ0n) is 13.2. The van der Waals surface area contributed by atoms with E-state index >= 15 is 0 Å². The molecular formula is C17H21NO5. The molecule has 1 fully saturated rings. The predicted octanol–water partition coefficient (Wildman–Crippen LogP) is 1.88. The highest BCUT2D eigenvalue weighted by Crippen LogP contribution is 2.50. The number of carboxylic acids is 1. The lowest BCUT2D eigenvalue weighted by Gasteiger charge is -2.20. The molecule has 3 rings (SSSR count). The van der Waals surface area contributed by atoms with Gasteiger partial charge in [-0.05, 0) is 36.5 Å². The number of aliphatic carboxylic acids is 1. The van der Waals surface area contributed by atoms with Gasteiger partial charge in [0.25, 0.3) is 0 Å². The van der Waals surface area contributed by atoms with E-state index in [-0.39, 0.29) is 24.3 Å². The van der Waals surface area contributed by atoms with E-state index in [1.807, 2.05) is 25.1 Å². The van der Waals surface area contributed by atoms with Crippen LogP contribution in [-0.2, 0) is 9.59 Å². The summed E-state index contributed by atoms with van der Waals surface area (Å²) < 4.78 is 11.1. The normalized spacial score (nSPS) is 21.6. The van der Waals surface area contributed by atoms with Gasteiger partial charge >= 0.3 is 5.97 Å². The van der Waals surface area contributed by atoms with Crippen LogP contribution in [0.25, 0.3) is 0 Å². The second kappa shape index (κ2) is 6.48. The molecular weight excluding hydrogens is 298 g/mol. The Balaban J connectivity index is 1.68. The third-order valence-electron chi connectivity index (χ3n) is 4.23. The number of rotatable bonds is 6. The fraction of sp³-hybridized carbons (Fsp3) is 0.529. The summed E-state index contributed by atoms with van der Waals surface area (Å²) in [6.07, 6.45) is 1.51. The summed E-state index contributed by atoms with van der Waals surface area (Å²) in [7, 11) is 0. The number of ether oxygens (including phenoxy) is 2. The van der Waals surface area contributed by atoms with Crippen molar-refractivity contribution >= 4 is 11.9 Å². The van der Waals surface area contributed by atoms with Crippen LogP contribution in [0.2, 0.25) is 0 Å². The number of carbonyl (C=O) groups is 2. The van der Waals surface area contributed by atoms with Crippen LogP contribution in [0, 0.1) is 5.92 Å². The molecule has 2 unspecified atom stereocenters. The molecule has 1 heterocycles. The molecule has 0 aromatic heterocycles. The molecule has 1 amide bonds. The van der Waals surface area contributed by atoms with Crippen LogP contribution >= 0.6 is 0 Å². The average molecular weight is 319 g/mol. The minimum Gasteiger partial charge on any atom is -0.486 e. The molecule has 6 heteroatoms. The van der Waals surface area contributed by atoms with Crippen molar-refractivity contribution < 1.29 is 24.2 Å². The van der Waals surface area contributed by atoms with Crippen LogP contribution in [0.1, 0.15) is 31.2 Å². The van der Waals surface area contributed by atoms with E-state index in [1.165, 1.54) is 4.90 Å². The Labute approximate surface area is 135 Å². The Kier molecular flexibility index (Phi) is 4.41. The minimum atomic E-state index is -0.969. The first kappa shape index (κ1) is 15.6. The molecule has 1 aromatic carbocycles. The standard InChI is InChI=1S/C17H21NO5/c1-2-5-18(10-16(19)20)17(21)13-9-12(13)11-3-4-14-15(8-11)23-7-6-22-14/h3-4,8,12-13H,2,5-7,9-10H2,1H3,(H,19,20). The highest BCUT2D eigenvalue weighted by Gasteiger charge is 2.46. The van der Waals surface area contributed by atoms with Crippen LogP contribution in [-0.4, -0.2) is 48.2 Å². The first-order valence-corrected chi connectivity index (χ1v) is 8.00. The van der Waals surface area contributed by atoms with Crippen molar-refractivity contribution in [3.05, 3.63) is 23.8 Å². The van der Waals surface area contributed by atoms with Crippen molar-refractivity contribution in [2.24, 2.45) is 5.92 Å². The fourth-order valence-electron chi connectivity index (χ4n) is 3.06. The molecule has 1 saturated carbocycles. The topological polar surface area (TPSA) is 76.1 Å². The quantitative estimate of drug-likeness (QED) is 0.866. The predicted molar refractivity (Wildman–Crippen MR) is 82.8 cm³/mol. The number of benzene rings is 1. The van der Waals surface area contributed by atoms with E-state index in [4.69, 9.17) is 14.6 Å². The molecule has 23 heavy (non-hydrogen) atoms. The molecule has 1 aromatic rings. The lowest BCUT2D eigenvalue weighted by Crippen LogP contribution is -2.37. The van der Waals surface area contributed by atoms with Gasteiger partial charge in [0.2, 0.25) is 5.91 Å². The van der Waals surface area contributed by atoms with Gasteiger partial charge in [-0.25, -0.2) is 0 Å². The SMILES string of the molecule is CCCN(CC(=O)O)C(=O)C1CC1c1ccc2c(c1)OCCO2. The lowest BCUT2D eigenvalue weighted by molar-refractivity contribution is -0.145. The van der Waals surface area contributed by atoms with Gasteiger partial charge in [-0.15, -0.1) is 0 Å². The molecule has 0 radical (unpaired) electrons. The van der Waals surface area contributed by atoms with Gasteiger partial charge in [-0.3, -0.25) is 9.59 Å². The molecule has 0 bridgehead atoms. The number of carboxylic acid groups (broad SMARTS) is 1. The number of amides is 1. The maximum absolute atomic E-state index is 12.5. The molecule has 124 valence electrons. The number of nitrogens with zero attached hydrogens (tertiary/aromatic N) is 1. The Hall–Kier alpha value is -2.24. The Morgan fingerprint density at radius 1 is 1.26 bits per heavy atom. The van der Waals surface area contributed by atoms with Crippen LogP contribution in [0.3, 0.4) is 0 Å². The first-order valence-electron chi connectivity index (χ1n) is 8.00. The van der Waals surface area contributed by atoms with Crippen LogP contribution < -0.4 is 9.47 Å². The van der Waals surface area contributed by atoms with E-state index in [9.17, 15) is 9.59 Å². The van der Waals surface area contributed by atoms with Crippen molar-refractivity contribution in [3.8, 4) is 11.5 Å². The molecule has 2 atom stereocenters. The molecule has 1 aliphatic heterocycles. The van der Waals surface area contributed by atoms with Gasteiger partial charge in [-0.2, -0.15) is 0 Å². The van der Waals surface area contributed by atoms with Crippen molar-refractivity contribution in [2.75, 3.05) is 26.3 Å². The summed E-state index contributed by atoms with van der Waals surface area (Å²) in [5, 5.41) is 8.95. The Bertz CT molecular complexity index is 615. The first-order chi connectivity index (χ1) is 11.1. The maximum Gasteiger partial charge on any atom is 0.323 e. The summed E-state index contributed by atoms with van der Waals surface area (Å²) in [5.41, 5.74) is 1.05. The summed E-state index contributed by atoms with van der Waals surface area (Å²) in [4.78, 5) is 24.9. The number of hydrogen-bond acceptors (Lipinski definition) is 4. The summed E-state index contributed by atoms with van der Waals surface area (Å²) in [6, 6.07) is 5.78. The molecule has 0 spiro atoms. The second-order valence-corrected chi connectivity index (χ2v) is 6.01. The Morgan fingerprint density at radius 3 is 2.70 bits per heavy atom. The largest absolute Gasteiger partial charge is 0.486 e. The van der Waals surface area contributed by atoms with E-state index < -0.39 is 5.97 Å². The van der Waals surface area contributed by atoms with Gasteiger partial charge in [-0.1, -0.05) is 13.0 Å². The summed E-state index contributed by atoms with van der Waals surface area (Å²) >= 11 is 0. The smallest absolute Gasteiger partial charge is 0.323 e. The number of fused-ring (bicyclic) bond motifs is 1. The van der Waals surface area contributed by atoms with Crippen LogP contribution in [0.4, 0.5) is 0 Å². The zero-order chi connectivity index (χ0) is 16.4. The molecule has 2 aliphatic rings. The van der Waals surface area contributed by atoms with Crippen LogP contribution in [0.15, 0.2) is 18.2 Å². The molecule has 6 nitrogen and oxygen atoms in total. The molecule has 1 aliphatic carbocycles. The number of hydrogen-bond donors (Lipinski definition) is 1. The average Bonchev–Trinajstić information content (AvgIpc) is 3.33. The summed E-state index contributed by atoms with van der Waals surface area (Å²) in [6.45, 7) is 3.28. The van der Waals surface area contributed by atoms with Gasteiger partial charge < -0.3 is 19.5 Å². The third kappa shape index (κ3) is 3.41. The van der Waals surface area contributed by atoms with E-state index in [0.29, 0.717) is 19.8 Å². The van der Waals surface area contributed by atoms with Gasteiger partial charge in [0.15, 0.2) is 11.5 Å². The molecule has 1 N–H and O–H groups in total. The van der Waals surface area contributed by atoms with Gasteiger partial charge in [0.05, 0.1) is 0 Å². The van der Waals surface area contributed by atoms with Gasteiger partial charge in [0, 0.05) is 12.5 Å². The van der Waals surface area contributed by atoms with Crippen molar-refractivity contribution in [2.45, 2.75) is 25.7 Å². The highest BCUT2D eigenvalue weighted by atomic mass is 16.6. The van der Waals surface area contributed by atoms with Crippen molar-refractivity contribution in [1.29, 1.82) is 0 Å². The monoisotopic (exact) mass is 319 g/mol. The third-order valence-corrected chi connectivity index (χ3v) is 4.23. The van der Waals surface area contributed by atoms with E-state index in [2.05, 4.69) is 0 Å². The van der Waals surface area contributed by atoms with Crippen LogP contribution in [0.5, 0.6) is 11.5 Å². The van der Waals surface area contributed by atoms with E-state index in [1.54, 1.807) is 0 Å².